The van der Waals surface area contributed by atoms with Crippen LogP contribution in [0.5, 0.6) is 11.5 Å². The first-order valence-electron chi connectivity index (χ1n) is 6.73. The SMILES string of the molecule is CC(CS(=O)(=O)c1ccc(Oc2ccccc2)cc1)C(N)=O. The summed E-state index contributed by atoms with van der Waals surface area (Å²) in [6.07, 6.45) is 0. The third-order valence-electron chi connectivity index (χ3n) is 3.12. The molecule has 0 bridgehead atoms. The summed E-state index contributed by atoms with van der Waals surface area (Å²) < 4.78 is 29.9. The van der Waals surface area contributed by atoms with Crippen LogP contribution in [0.4, 0.5) is 0 Å². The summed E-state index contributed by atoms with van der Waals surface area (Å²) >= 11 is 0. The van der Waals surface area contributed by atoms with Crippen LogP contribution < -0.4 is 10.5 Å². The number of benzene rings is 2. The molecule has 6 heteroatoms. The number of para-hydroxylation sites is 1. The fourth-order valence-corrected chi connectivity index (χ4v) is 3.41. The number of carbonyl (C=O) groups excluding carboxylic acids is 1. The average Bonchev–Trinajstić information content (AvgIpc) is 2.48. The van der Waals surface area contributed by atoms with E-state index in [9.17, 15) is 13.2 Å². The number of carbonyl (C=O) groups is 1. The summed E-state index contributed by atoms with van der Waals surface area (Å²) in [5, 5.41) is 0. The Morgan fingerprint density at radius 1 is 1.05 bits per heavy atom. The zero-order chi connectivity index (χ0) is 16.2. The average molecular weight is 319 g/mol. The van der Waals surface area contributed by atoms with Crippen LogP contribution >= 0.6 is 0 Å². The normalized spacial score (nSPS) is 12.6. The first-order chi connectivity index (χ1) is 10.4. The van der Waals surface area contributed by atoms with Crippen molar-refractivity contribution in [3.63, 3.8) is 0 Å². The maximum atomic E-state index is 12.2. The van der Waals surface area contributed by atoms with Crippen LogP contribution in [-0.4, -0.2) is 20.1 Å². The van der Waals surface area contributed by atoms with E-state index >= 15 is 0 Å². The van der Waals surface area contributed by atoms with Gasteiger partial charge >= 0.3 is 0 Å². The molecule has 1 amide bonds. The molecule has 1 unspecified atom stereocenters. The lowest BCUT2D eigenvalue weighted by Gasteiger charge is -2.10. The van der Waals surface area contributed by atoms with Crippen LogP contribution in [0.15, 0.2) is 59.5 Å². The van der Waals surface area contributed by atoms with Crippen LogP contribution in [-0.2, 0) is 14.6 Å². The van der Waals surface area contributed by atoms with Gasteiger partial charge in [0.2, 0.25) is 5.91 Å². The molecule has 2 N–H and O–H groups in total. The van der Waals surface area contributed by atoms with E-state index < -0.39 is 21.7 Å². The van der Waals surface area contributed by atoms with Crippen molar-refractivity contribution < 1.29 is 17.9 Å². The molecule has 5 nitrogen and oxygen atoms in total. The number of ether oxygens (including phenoxy) is 1. The van der Waals surface area contributed by atoms with Crippen LogP contribution in [0.2, 0.25) is 0 Å². The van der Waals surface area contributed by atoms with Crippen molar-refractivity contribution >= 4 is 15.7 Å². The van der Waals surface area contributed by atoms with Gasteiger partial charge in [-0.1, -0.05) is 25.1 Å². The Balaban J connectivity index is 2.13. The highest BCUT2D eigenvalue weighted by Gasteiger charge is 2.21. The van der Waals surface area contributed by atoms with E-state index in [4.69, 9.17) is 10.5 Å². The fourth-order valence-electron chi connectivity index (χ4n) is 1.85. The summed E-state index contributed by atoms with van der Waals surface area (Å²) in [4.78, 5) is 11.1. The predicted molar refractivity (Wildman–Crippen MR) is 83.4 cm³/mol. The van der Waals surface area contributed by atoms with Gasteiger partial charge < -0.3 is 10.5 Å². The number of hydrogen-bond acceptors (Lipinski definition) is 4. The Morgan fingerprint density at radius 3 is 2.14 bits per heavy atom. The van der Waals surface area contributed by atoms with Gasteiger partial charge in [0, 0.05) is 5.92 Å². The number of primary amides is 1. The quantitative estimate of drug-likeness (QED) is 0.885. The minimum Gasteiger partial charge on any atom is -0.457 e. The molecule has 0 saturated heterocycles. The summed E-state index contributed by atoms with van der Waals surface area (Å²) in [6.45, 7) is 1.49. The summed E-state index contributed by atoms with van der Waals surface area (Å²) in [7, 11) is -3.55. The van der Waals surface area contributed by atoms with E-state index in [1.54, 1.807) is 24.3 Å². The van der Waals surface area contributed by atoms with E-state index in [-0.39, 0.29) is 10.6 Å². The van der Waals surface area contributed by atoms with Crippen molar-refractivity contribution in [2.75, 3.05) is 5.75 Å². The molecule has 0 aliphatic carbocycles. The largest absolute Gasteiger partial charge is 0.457 e. The number of nitrogens with two attached hydrogens (primary N) is 1. The summed E-state index contributed by atoms with van der Waals surface area (Å²) in [6, 6.07) is 15.3. The van der Waals surface area contributed by atoms with Gasteiger partial charge in [0.25, 0.3) is 0 Å². The lowest BCUT2D eigenvalue weighted by atomic mass is 10.2. The molecule has 2 aromatic rings. The minimum atomic E-state index is -3.55. The molecule has 2 rings (SSSR count). The Hall–Kier alpha value is -2.34. The van der Waals surface area contributed by atoms with E-state index in [0.29, 0.717) is 11.5 Å². The molecule has 116 valence electrons. The molecular formula is C16H17NO4S. The number of hydrogen-bond donors (Lipinski definition) is 1. The topological polar surface area (TPSA) is 86.5 Å². The molecule has 0 spiro atoms. The molecule has 0 saturated carbocycles. The lowest BCUT2D eigenvalue weighted by molar-refractivity contribution is -0.120. The lowest BCUT2D eigenvalue weighted by Crippen LogP contribution is -2.27. The smallest absolute Gasteiger partial charge is 0.221 e. The molecule has 0 fully saturated rings. The molecule has 1 atom stereocenters. The summed E-state index contributed by atoms with van der Waals surface area (Å²) in [5.41, 5.74) is 5.11. The third kappa shape index (κ3) is 4.08. The monoisotopic (exact) mass is 319 g/mol. The second kappa shape index (κ2) is 6.62. The molecule has 22 heavy (non-hydrogen) atoms. The molecule has 0 aliphatic heterocycles. The van der Waals surface area contributed by atoms with Gasteiger partial charge in [-0.3, -0.25) is 4.79 Å². The van der Waals surface area contributed by atoms with Crippen molar-refractivity contribution in [1.29, 1.82) is 0 Å². The standard InChI is InChI=1S/C16H17NO4S/c1-12(16(17)18)11-22(19,20)15-9-7-14(8-10-15)21-13-5-3-2-4-6-13/h2-10,12H,11H2,1H3,(H2,17,18). The van der Waals surface area contributed by atoms with Crippen LogP contribution in [0.1, 0.15) is 6.92 Å². The van der Waals surface area contributed by atoms with E-state index in [2.05, 4.69) is 0 Å². The maximum absolute atomic E-state index is 12.2. The van der Waals surface area contributed by atoms with Crippen molar-refractivity contribution in [2.24, 2.45) is 11.7 Å². The van der Waals surface area contributed by atoms with E-state index in [1.165, 1.54) is 19.1 Å². The fraction of sp³-hybridized carbons (Fsp3) is 0.188. The molecular weight excluding hydrogens is 302 g/mol. The molecule has 0 aromatic heterocycles. The number of sulfone groups is 1. The predicted octanol–water partition coefficient (Wildman–Crippen LogP) is 2.37. The Labute approximate surface area is 129 Å². The molecule has 0 radical (unpaired) electrons. The van der Waals surface area contributed by atoms with Gasteiger partial charge in [0.15, 0.2) is 9.84 Å². The van der Waals surface area contributed by atoms with Crippen LogP contribution in [0.3, 0.4) is 0 Å². The van der Waals surface area contributed by atoms with Crippen LogP contribution in [0, 0.1) is 5.92 Å². The molecule has 0 aliphatic rings. The van der Waals surface area contributed by atoms with Gasteiger partial charge in [0.1, 0.15) is 11.5 Å². The van der Waals surface area contributed by atoms with Gasteiger partial charge in [-0.05, 0) is 36.4 Å². The minimum absolute atomic E-state index is 0.140. The number of rotatable bonds is 6. The molecule has 0 heterocycles. The van der Waals surface area contributed by atoms with Crippen molar-refractivity contribution in [3.05, 3.63) is 54.6 Å². The summed E-state index contributed by atoms with van der Waals surface area (Å²) in [5.74, 6) is -0.465. The van der Waals surface area contributed by atoms with Crippen molar-refractivity contribution in [2.45, 2.75) is 11.8 Å². The first kappa shape index (κ1) is 16.0. The van der Waals surface area contributed by atoms with Gasteiger partial charge in [-0.25, -0.2) is 8.42 Å². The third-order valence-corrected chi connectivity index (χ3v) is 5.05. The maximum Gasteiger partial charge on any atom is 0.221 e. The molecule has 2 aromatic carbocycles. The highest BCUT2D eigenvalue weighted by molar-refractivity contribution is 7.91. The second-order valence-corrected chi connectivity index (χ2v) is 7.01. The van der Waals surface area contributed by atoms with Crippen LogP contribution in [0.25, 0.3) is 0 Å². The van der Waals surface area contributed by atoms with E-state index in [0.717, 1.165) is 0 Å². The zero-order valence-corrected chi connectivity index (χ0v) is 12.9. The van der Waals surface area contributed by atoms with Crippen molar-refractivity contribution in [1.82, 2.24) is 0 Å². The Kier molecular flexibility index (Phi) is 4.82. The Morgan fingerprint density at radius 2 is 1.59 bits per heavy atom. The highest BCUT2D eigenvalue weighted by Crippen LogP contribution is 2.23. The first-order valence-corrected chi connectivity index (χ1v) is 8.39. The van der Waals surface area contributed by atoms with Gasteiger partial charge in [-0.15, -0.1) is 0 Å². The zero-order valence-electron chi connectivity index (χ0n) is 12.1. The second-order valence-electron chi connectivity index (χ2n) is 4.97. The van der Waals surface area contributed by atoms with Gasteiger partial charge in [0.05, 0.1) is 10.6 Å². The van der Waals surface area contributed by atoms with Gasteiger partial charge in [-0.2, -0.15) is 0 Å². The van der Waals surface area contributed by atoms with Crippen molar-refractivity contribution in [3.8, 4) is 11.5 Å². The Bertz CT molecular complexity index is 739. The van der Waals surface area contributed by atoms with E-state index in [1.807, 2.05) is 18.2 Å². The number of amides is 1. The highest BCUT2D eigenvalue weighted by atomic mass is 32.2.